The van der Waals surface area contributed by atoms with E-state index in [0.29, 0.717) is 19.5 Å². The third-order valence-corrected chi connectivity index (χ3v) is 3.93. The fourth-order valence-electron chi connectivity index (χ4n) is 2.55. The zero-order valence-corrected chi connectivity index (χ0v) is 14.9. The van der Waals surface area contributed by atoms with Gasteiger partial charge in [0.2, 0.25) is 0 Å². The number of carbonyl (C=O) groups excluding carboxylic acids is 2. The zero-order valence-electron chi connectivity index (χ0n) is 14.9. The molecule has 0 unspecified atom stereocenters. The molecule has 0 radical (unpaired) electrons. The van der Waals surface area contributed by atoms with E-state index in [4.69, 9.17) is 4.74 Å². The number of aryl methyl sites for hydroxylation is 1. The Hall–Kier alpha value is -2.82. The lowest BCUT2D eigenvalue weighted by Crippen LogP contribution is -2.43. The number of likely N-dealkylation sites (N-methyl/N-ethyl adjacent to an activating group) is 1. The molecule has 0 aromatic heterocycles. The molecule has 2 rings (SSSR count). The highest BCUT2D eigenvalue weighted by Gasteiger charge is 2.21. The monoisotopic (exact) mass is 340 g/mol. The number of ether oxygens (including phenoxy) is 1. The predicted molar refractivity (Wildman–Crippen MR) is 98.9 cm³/mol. The van der Waals surface area contributed by atoms with Crippen LogP contribution in [0, 0.1) is 6.92 Å². The van der Waals surface area contributed by atoms with Crippen LogP contribution in [0.5, 0.6) is 5.75 Å². The van der Waals surface area contributed by atoms with Gasteiger partial charge in [0.1, 0.15) is 5.75 Å². The van der Waals surface area contributed by atoms with Gasteiger partial charge in [-0.25, -0.2) is 0 Å². The summed E-state index contributed by atoms with van der Waals surface area (Å²) in [5.74, 6) is -0.334. The Morgan fingerprint density at radius 2 is 1.84 bits per heavy atom. The highest BCUT2D eigenvalue weighted by molar-refractivity contribution is 6.40. The summed E-state index contributed by atoms with van der Waals surface area (Å²) < 4.78 is 5.11. The van der Waals surface area contributed by atoms with Gasteiger partial charge in [0.15, 0.2) is 0 Å². The molecule has 0 fully saturated rings. The molecule has 0 atom stereocenters. The molecule has 0 aliphatic heterocycles. The Morgan fingerprint density at radius 3 is 2.44 bits per heavy atom. The molecule has 0 saturated heterocycles. The lowest BCUT2D eigenvalue weighted by atomic mass is 10.1. The third-order valence-electron chi connectivity index (χ3n) is 3.93. The first-order valence-electron chi connectivity index (χ1n) is 8.34. The first-order valence-corrected chi connectivity index (χ1v) is 8.34. The van der Waals surface area contributed by atoms with E-state index in [1.807, 2.05) is 62.4 Å². The molecule has 0 bridgehead atoms. The smallest absolute Gasteiger partial charge is 0.316 e. The molecule has 132 valence electrons. The summed E-state index contributed by atoms with van der Waals surface area (Å²) in [5.41, 5.74) is 2.85. The van der Waals surface area contributed by atoms with E-state index in [0.717, 1.165) is 22.6 Å². The number of hydrogen-bond acceptors (Lipinski definition) is 3. The van der Waals surface area contributed by atoms with Gasteiger partial charge in [-0.2, -0.15) is 0 Å². The van der Waals surface area contributed by atoms with E-state index < -0.39 is 11.8 Å². The zero-order chi connectivity index (χ0) is 18.2. The Bertz CT molecular complexity index is 726. The summed E-state index contributed by atoms with van der Waals surface area (Å²) in [7, 11) is 1.62. The van der Waals surface area contributed by atoms with Crippen LogP contribution in [0.1, 0.15) is 18.1 Å². The van der Waals surface area contributed by atoms with Crippen LogP contribution >= 0.6 is 0 Å². The van der Waals surface area contributed by atoms with E-state index in [1.54, 1.807) is 7.11 Å². The molecule has 0 spiro atoms. The maximum absolute atomic E-state index is 12.4. The Labute approximate surface area is 148 Å². The molecule has 2 amide bonds. The van der Waals surface area contributed by atoms with Crippen molar-refractivity contribution in [1.29, 1.82) is 0 Å². The second-order valence-electron chi connectivity index (χ2n) is 5.74. The van der Waals surface area contributed by atoms with Crippen LogP contribution in [0.25, 0.3) is 0 Å². The van der Waals surface area contributed by atoms with Gasteiger partial charge in [0, 0.05) is 18.8 Å². The number of carbonyl (C=O) groups is 2. The fraction of sp³-hybridized carbons (Fsp3) is 0.300. The van der Waals surface area contributed by atoms with Crippen LogP contribution in [0.2, 0.25) is 0 Å². The second-order valence-corrected chi connectivity index (χ2v) is 5.74. The molecule has 1 N–H and O–H groups in total. The van der Waals surface area contributed by atoms with E-state index in [9.17, 15) is 9.59 Å². The average Bonchev–Trinajstić information content (AvgIpc) is 2.63. The van der Waals surface area contributed by atoms with Crippen molar-refractivity contribution in [3.05, 3.63) is 59.7 Å². The minimum absolute atomic E-state index is 0.405. The number of amides is 2. The largest absolute Gasteiger partial charge is 0.497 e. The van der Waals surface area contributed by atoms with E-state index in [-0.39, 0.29) is 0 Å². The highest BCUT2D eigenvalue weighted by atomic mass is 16.5. The summed E-state index contributed by atoms with van der Waals surface area (Å²) in [4.78, 5) is 26.1. The van der Waals surface area contributed by atoms with E-state index in [2.05, 4.69) is 5.32 Å². The molecule has 0 aliphatic rings. The average molecular weight is 340 g/mol. The van der Waals surface area contributed by atoms with Crippen LogP contribution in [-0.2, 0) is 16.0 Å². The van der Waals surface area contributed by atoms with Crippen LogP contribution in [0.4, 0.5) is 5.69 Å². The summed E-state index contributed by atoms with van der Waals surface area (Å²) in [5, 5.41) is 2.70. The molecule has 0 saturated carbocycles. The second kappa shape index (κ2) is 8.87. The van der Waals surface area contributed by atoms with Gasteiger partial charge in [0.25, 0.3) is 0 Å². The van der Waals surface area contributed by atoms with Crippen LogP contribution in [0.3, 0.4) is 0 Å². The van der Waals surface area contributed by atoms with Crippen molar-refractivity contribution in [2.24, 2.45) is 0 Å². The molecule has 0 heterocycles. The van der Waals surface area contributed by atoms with Gasteiger partial charge >= 0.3 is 11.8 Å². The molecule has 0 aliphatic carbocycles. The molecule has 2 aromatic rings. The van der Waals surface area contributed by atoms with Crippen molar-refractivity contribution < 1.29 is 14.3 Å². The standard InChI is InChI=1S/C20H24N2O3/c1-4-22(17-7-5-6-15(2)14-17)20(24)19(23)21-13-12-16-8-10-18(25-3)11-9-16/h5-11,14H,4,12-13H2,1-3H3,(H,21,23). The SMILES string of the molecule is CCN(C(=O)C(=O)NCCc1ccc(OC)cc1)c1cccc(C)c1. The first kappa shape index (κ1) is 18.5. The summed E-state index contributed by atoms with van der Waals surface area (Å²) in [6.07, 6.45) is 0.652. The van der Waals surface area contributed by atoms with Gasteiger partial charge in [0.05, 0.1) is 7.11 Å². The Kier molecular flexibility index (Phi) is 6.57. The van der Waals surface area contributed by atoms with E-state index in [1.165, 1.54) is 4.90 Å². The van der Waals surface area contributed by atoms with Gasteiger partial charge in [-0.05, 0) is 55.7 Å². The molecule has 5 nitrogen and oxygen atoms in total. The minimum Gasteiger partial charge on any atom is -0.497 e. The van der Waals surface area contributed by atoms with Gasteiger partial charge in [-0.15, -0.1) is 0 Å². The van der Waals surface area contributed by atoms with Crippen molar-refractivity contribution in [2.75, 3.05) is 25.1 Å². The summed E-state index contributed by atoms with van der Waals surface area (Å²) in [6, 6.07) is 15.2. The van der Waals surface area contributed by atoms with Crippen LogP contribution in [0.15, 0.2) is 48.5 Å². The number of benzene rings is 2. The Morgan fingerprint density at radius 1 is 1.12 bits per heavy atom. The maximum Gasteiger partial charge on any atom is 0.316 e. The van der Waals surface area contributed by atoms with Crippen LogP contribution < -0.4 is 15.0 Å². The highest BCUT2D eigenvalue weighted by Crippen LogP contribution is 2.16. The molecule has 5 heteroatoms. The number of hydrogen-bond donors (Lipinski definition) is 1. The van der Waals surface area contributed by atoms with Crippen molar-refractivity contribution in [1.82, 2.24) is 5.32 Å². The number of nitrogens with one attached hydrogen (secondary N) is 1. The van der Waals surface area contributed by atoms with Crippen molar-refractivity contribution in [2.45, 2.75) is 20.3 Å². The number of anilines is 1. The van der Waals surface area contributed by atoms with Crippen molar-refractivity contribution >= 4 is 17.5 Å². The summed E-state index contributed by atoms with van der Waals surface area (Å²) in [6.45, 7) is 4.65. The predicted octanol–water partition coefficient (Wildman–Crippen LogP) is 2.72. The van der Waals surface area contributed by atoms with Crippen LogP contribution in [-0.4, -0.2) is 32.0 Å². The fourth-order valence-corrected chi connectivity index (χ4v) is 2.55. The topological polar surface area (TPSA) is 58.6 Å². The normalized spacial score (nSPS) is 10.2. The lowest BCUT2D eigenvalue weighted by Gasteiger charge is -2.20. The summed E-state index contributed by atoms with van der Waals surface area (Å²) >= 11 is 0. The molecular formula is C20H24N2O3. The molecule has 25 heavy (non-hydrogen) atoms. The quantitative estimate of drug-likeness (QED) is 0.823. The van der Waals surface area contributed by atoms with Gasteiger partial charge < -0.3 is 15.0 Å². The number of rotatable bonds is 6. The maximum atomic E-state index is 12.4. The number of nitrogens with zero attached hydrogens (tertiary/aromatic N) is 1. The lowest BCUT2D eigenvalue weighted by molar-refractivity contribution is -0.137. The third kappa shape index (κ3) is 5.08. The molecule has 2 aromatic carbocycles. The number of methoxy groups -OCH3 is 1. The molecular weight excluding hydrogens is 316 g/mol. The van der Waals surface area contributed by atoms with Crippen molar-refractivity contribution in [3.63, 3.8) is 0 Å². The minimum atomic E-state index is -0.586. The van der Waals surface area contributed by atoms with Gasteiger partial charge in [-0.3, -0.25) is 9.59 Å². The van der Waals surface area contributed by atoms with Gasteiger partial charge in [-0.1, -0.05) is 24.3 Å². The van der Waals surface area contributed by atoms with E-state index >= 15 is 0 Å². The first-order chi connectivity index (χ1) is 12.0. The van der Waals surface area contributed by atoms with Crippen molar-refractivity contribution in [3.8, 4) is 5.75 Å². The Balaban J connectivity index is 1.91.